The van der Waals surface area contributed by atoms with Crippen molar-refractivity contribution in [3.63, 3.8) is 0 Å². The zero-order valence-corrected chi connectivity index (χ0v) is 5.79. The smallest absolute Gasteiger partial charge is 0.181 e. The fourth-order valence-corrected chi connectivity index (χ4v) is 0.772. The van der Waals surface area contributed by atoms with Crippen molar-refractivity contribution in [1.29, 1.82) is 0 Å². The molecule has 3 heteroatoms. The van der Waals surface area contributed by atoms with Gasteiger partial charge in [-0.3, -0.25) is 0 Å². The van der Waals surface area contributed by atoms with Crippen LogP contribution in [-0.4, -0.2) is 30.6 Å². The van der Waals surface area contributed by atoms with Crippen molar-refractivity contribution < 1.29 is 9.84 Å². The van der Waals surface area contributed by atoms with Gasteiger partial charge in [-0.1, -0.05) is 0 Å². The molecule has 3 atom stereocenters. The molecule has 1 aliphatic rings. The van der Waals surface area contributed by atoms with Crippen LogP contribution in [0.1, 0.15) is 13.3 Å². The molecule has 3 nitrogen and oxygen atoms in total. The Morgan fingerprint density at radius 2 is 2.33 bits per heavy atom. The molecule has 2 N–H and O–H groups in total. The number of hydrogen-bond acceptors (Lipinski definition) is 3. The van der Waals surface area contributed by atoms with Crippen molar-refractivity contribution in [2.75, 3.05) is 7.05 Å². The van der Waals surface area contributed by atoms with Crippen LogP contribution in [-0.2, 0) is 4.74 Å². The summed E-state index contributed by atoms with van der Waals surface area (Å²) in [7, 11) is 1.90. The average Bonchev–Trinajstić information content (AvgIpc) is 2.47. The molecule has 0 radical (unpaired) electrons. The number of aliphatic hydroxyl groups excluding tert-OH is 1. The summed E-state index contributed by atoms with van der Waals surface area (Å²) >= 11 is 0. The molecule has 0 bridgehead atoms. The van der Waals surface area contributed by atoms with Crippen LogP contribution in [0.5, 0.6) is 0 Å². The highest BCUT2D eigenvalue weighted by Gasteiger charge is 2.37. The molecule has 1 aliphatic heterocycles. The van der Waals surface area contributed by atoms with Crippen molar-refractivity contribution >= 4 is 0 Å². The van der Waals surface area contributed by atoms with Crippen LogP contribution in [0.2, 0.25) is 0 Å². The lowest BCUT2D eigenvalue weighted by atomic mass is 10.2. The van der Waals surface area contributed by atoms with Gasteiger partial charge in [-0.25, -0.2) is 0 Å². The van der Waals surface area contributed by atoms with Gasteiger partial charge in [0, 0.05) is 6.04 Å². The summed E-state index contributed by atoms with van der Waals surface area (Å²) in [5.41, 5.74) is 0. The first-order chi connectivity index (χ1) is 4.24. The zero-order valence-electron chi connectivity index (χ0n) is 5.79. The van der Waals surface area contributed by atoms with Gasteiger partial charge in [-0.2, -0.15) is 0 Å². The number of nitrogens with one attached hydrogen (secondary N) is 1. The van der Waals surface area contributed by atoms with E-state index >= 15 is 0 Å². The topological polar surface area (TPSA) is 44.8 Å². The molecule has 1 fully saturated rings. The van der Waals surface area contributed by atoms with E-state index in [1.54, 1.807) is 0 Å². The standard InChI is InChI=1S/C6H13NO2/c1-4(7-2)3-5-6(8)9-5/h4-8H,3H2,1-2H3/t4-,5?,6?/m1/s1. The van der Waals surface area contributed by atoms with E-state index in [2.05, 4.69) is 12.2 Å². The zero-order chi connectivity index (χ0) is 6.85. The number of epoxide rings is 1. The van der Waals surface area contributed by atoms with Gasteiger partial charge in [0.05, 0.1) is 0 Å². The average molecular weight is 131 g/mol. The third-order valence-corrected chi connectivity index (χ3v) is 1.63. The van der Waals surface area contributed by atoms with Gasteiger partial charge in [0.25, 0.3) is 0 Å². The van der Waals surface area contributed by atoms with Gasteiger partial charge in [0.15, 0.2) is 6.29 Å². The maximum absolute atomic E-state index is 8.72. The third kappa shape index (κ3) is 1.93. The van der Waals surface area contributed by atoms with Crippen LogP contribution in [0.4, 0.5) is 0 Å². The molecule has 2 unspecified atom stereocenters. The van der Waals surface area contributed by atoms with E-state index in [0.717, 1.165) is 6.42 Å². The number of hydrogen-bond donors (Lipinski definition) is 2. The molecule has 0 aromatic rings. The SMILES string of the molecule is CN[C@H](C)CC1OC1O. The van der Waals surface area contributed by atoms with Crippen molar-refractivity contribution in [3.8, 4) is 0 Å². The van der Waals surface area contributed by atoms with E-state index in [0.29, 0.717) is 6.04 Å². The molecule has 0 aromatic heterocycles. The minimum Gasteiger partial charge on any atom is -0.366 e. The Kier molecular flexibility index (Phi) is 2.05. The Balaban J connectivity index is 2.05. The Morgan fingerprint density at radius 3 is 2.67 bits per heavy atom. The molecule has 0 amide bonds. The normalized spacial score (nSPS) is 36.3. The highest BCUT2D eigenvalue weighted by molar-refractivity contribution is 4.78. The van der Waals surface area contributed by atoms with Crippen LogP contribution in [0, 0.1) is 0 Å². The maximum Gasteiger partial charge on any atom is 0.181 e. The van der Waals surface area contributed by atoms with E-state index in [9.17, 15) is 0 Å². The van der Waals surface area contributed by atoms with Crippen LogP contribution >= 0.6 is 0 Å². The first-order valence-electron chi connectivity index (χ1n) is 3.25. The lowest BCUT2D eigenvalue weighted by Crippen LogP contribution is -2.23. The fraction of sp³-hybridized carbons (Fsp3) is 1.00. The van der Waals surface area contributed by atoms with Crippen molar-refractivity contribution in [2.45, 2.75) is 31.8 Å². The Labute approximate surface area is 55.0 Å². The van der Waals surface area contributed by atoms with Crippen molar-refractivity contribution in [1.82, 2.24) is 5.32 Å². The first kappa shape index (κ1) is 6.99. The summed E-state index contributed by atoms with van der Waals surface area (Å²) in [6.07, 6.45) is 0.505. The van der Waals surface area contributed by atoms with Crippen molar-refractivity contribution in [2.24, 2.45) is 0 Å². The second-order valence-electron chi connectivity index (χ2n) is 2.49. The monoisotopic (exact) mass is 131 g/mol. The quantitative estimate of drug-likeness (QED) is 0.517. The second kappa shape index (κ2) is 2.64. The molecule has 0 saturated carbocycles. The molecule has 0 aromatic carbocycles. The van der Waals surface area contributed by atoms with Crippen LogP contribution in [0.3, 0.4) is 0 Å². The first-order valence-corrected chi connectivity index (χ1v) is 3.25. The number of rotatable bonds is 3. The lowest BCUT2D eigenvalue weighted by molar-refractivity contribution is 0.156. The number of ether oxygens (including phenoxy) is 1. The lowest BCUT2D eigenvalue weighted by Gasteiger charge is -2.05. The Morgan fingerprint density at radius 1 is 1.78 bits per heavy atom. The van der Waals surface area contributed by atoms with E-state index in [-0.39, 0.29) is 6.10 Å². The van der Waals surface area contributed by atoms with E-state index < -0.39 is 6.29 Å². The fourth-order valence-electron chi connectivity index (χ4n) is 0.772. The van der Waals surface area contributed by atoms with E-state index in [4.69, 9.17) is 9.84 Å². The van der Waals surface area contributed by atoms with Gasteiger partial charge in [-0.15, -0.1) is 0 Å². The minimum atomic E-state index is -0.485. The summed E-state index contributed by atoms with van der Waals surface area (Å²) < 4.78 is 4.80. The summed E-state index contributed by atoms with van der Waals surface area (Å²) in [4.78, 5) is 0. The third-order valence-electron chi connectivity index (χ3n) is 1.63. The van der Waals surface area contributed by atoms with Gasteiger partial charge < -0.3 is 15.2 Å². The summed E-state index contributed by atoms with van der Waals surface area (Å²) in [5, 5.41) is 11.8. The second-order valence-corrected chi connectivity index (χ2v) is 2.49. The van der Waals surface area contributed by atoms with E-state index in [1.165, 1.54) is 0 Å². The molecular formula is C6H13NO2. The molecular weight excluding hydrogens is 118 g/mol. The summed E-state index contributed by atoms with van der Waals surface area (Å²) in [6, 6.07) is 0.437. The molecule has 1 saturated heterocycles. The highest BCUT2D eigenvalue weighted by atomic mass is 16.7. The predicted octanol–water partition coefficient (Wildman–Crippen LogP) is -0.298. The van der Waals surface area contributed by atoms with Gasteiger partial charge >= 0.3 is 0 Å². The highest BCUT2D eigenvalue weighted by Crippen LogP contribution is 2.23. The molecule has 1 heterocycles. The summed E-state index contributed by atoms with van der Waals surface area (Å²) in [6.45, 7) is 2.06. The maximum atomic E-state index is 8.72. The Bertz CT molecular complexity index is 95.1. The molecule has 0 aliphatic carbocycles. The molecule has 1 rings (SSSR count). The van der Waals surface area contributed by atoms with Crippen LogP contribution in [0.25, 0.3) is 0 Å². The molecule has 0 spiro atoms. The minimum absolute atomic E-state index is 0.0902. The van der Waals surface area contributed by atoms with Crippen molar-refractivity contribution in [3.05, 3.63) is 0 Å². The van der Waals surface area contributed by atoms with Gasteiger partial charge in [-0.05, 0) is 20.4 Å². The van der Waals surface area contributed by atoms with E-state index in [1.807, 2.05) is 7.05 Å². The van der Waals surface area contributed by atoms with Crippen LogP contribution < -0.4 is 5.32 Å². The van der Waals surface area contributed by atoms with Gasteiger partial charge in [0.2, 0.25) is 0 Å². The van der Waals surface area contributed by atoms with Gasteiger partial charge in [0.1, 0.15) is 6.10 Å². The van der Waals surface area contributed by atoms with Crippen LogP contribution in [0.15, 0.2) is 0 Å². The molecule has 9 heavy (non-hydrogen) atoms. The molecule has 54 valence electrons. The summed E-state index contributed by atoms with van der Waals surface area (Å²) in [5.74, 6) is 0. The predicted molar refractivity (Wildman–Crippen MR) is 34.0 cm³/mol. The Hall–Kier alpha value is -0.120. The number of aliphatic hydroxyl groups is 1. The largest absolute Gasteiger partial charge is 0.366 e.